The molecule has 34 heavy (non-hydrogen) atoms. The molecule has 0 fully saturated rings. The van der Waals surface area contributed by atoms with Gasteiger partial charge in [0.1, 0.15) is 11.9 Å². The van der Waals surface area contributed by atoms with Gasteiger partial charge in [-0.3, -0.25) is 9.59 Å². The van der Waals surface area contributed by atoms with E-state index in [1.165, 1.54) is 11.8 Å². The molecular formula is C27H29NO5S. The number of nitrogens with zero attached hydrogens (tertiary/aromatic N) is 1. The maximum absolute atomic E-state index is 13.1. The molecule has 0 radical (unpaired) electrons. The van der Waals surface area contributed by atoms with Gasteiger partial charge in [0.05, 0.1) is 17.9 Å². The van der Waals surface area contributed by atoms with Gasteiger partial charge in [0.2, 0.25) is 5.88 Å². The number of carbonyl (C=O) groups is 2. The van der Waals surface area contributed by atoms with E-state index in [4.69, 9.17) is 14.6 Å². The van der Waals surface area contributed by atoms with Crippen LogP contribution in [0.25, 0.3) is 0 Å². The smallest absolute Gasteiger partial charge is 0.313 e. The predicted octanol–water partition coefficient (Wildman–Crippen LogP) is 5.60. The molecule has 0 saturated heterocycles. The summed E-state index contributed by atoms with van der Waals surface area (Å²) in [5.74, 6) is 0.117. The first-order valence-electron chi connectivity index (χ1n) is 11.2. The average Bonchev–Trinajstić information content (AvgIpc) is 2.83. The second kappa shape index (κ2) is 12.2. The third-order valence-electron chi connectivity index (χ3n) is 5.20. The first-order chi connectivity index (χ1) is 16.4. The number of pyridine rings is 1. The van der Waals surface area contributed by atoms with E-state index >= 15 is 0 Å². The molecule has 1 unspecified atom stereocenters. The zero-order valence-electron chi connectivity index (χ0n) is 19.6. The maximum atomic E-state index is 13.1. The van der Waals surface area contributed by atoms with Crippen molar-refractivity contribution in [1.82, 2.24) is 4.98 Å². The van der Waals surface area contributed by atoms with Crippen LogP contribution in [0, 0.1) is 6.92 Å². The van der Waals surface area contributed by atoms with Crippen LogP contribution in [-0.4, -0.2) is 40.3 Å². The highest BCUT2D eigenvalue weighted by molar-refractivity contribution is 8.00. The molecule has 2 aromatic carbocycles. The Balaban J connectivity index is 1.61. The zero-order valence-corrected chi connectivity index (χ0v) is 20.4. The van der Waals surface area contributed by atoms with Crippen LogP contribution in [0.15, 0.2) is 65.7 Å². The van der Waals surface area contributed by atoms with Gasteiger partial charge in [0.25, 0.3) is 0 Å². The second-order valence-electron chi connectivity index (χ2n) is 7.92. The van der Waals surface area contributed by atoms with Crippen molar-refractivity contribution < 1.29 is 24.2 Å². The van der Waals surface area contributed by atoms with E-state index in [1.807, 2.05) is 63.2 Å². The number of carboxylic acid groups (broad SMARTS) is 1. The van der Waals surface area contributed by atoms with E-state index in [2.05, 4.69) is 4.98 Å². The molecule has 0 bridgehead atoms. The van der Waals surface area contributed by atoms with Crippen LogP contribution in [0.3, 0.4) is 0 Å². The van der Waals surface area contributed by atoms with E-state index in [-0.39, 0.29) is 17.6 Å². The summed E-state index contributed by atoms with van der Waals surface area (Å²) >= 11 is 1.29. The molecule has 0 spiro atoms. The predicted molar refractivity (Wildman–Crippen MR) is 133 cm³/mol. The molecule has 0 amide bonds. The lowest BCUT2D eigenvalue weighted by Crippen LogP contribution is -2.18. The Morgan fingerprint density at radius 3 is 2.56 bits per heavy atom. The summed E-state index contributed by atoms with van der Waals surface area (Å²) in [6.07, 6.45) is 2.91. The molecule has 1 atom stereocenters. The molecule has 1 heterocycles. The maximum Gasteiger partial charge on any atom is 0.313 e. The number of aliphatic carboxylic acids is 1. The van der Waals surface area contributed by atoms with Gasteiger partial charge in [0, 0.05) is 23.1 Å². The molecule has 178 valence electrons. The minimum absolute atomic E-state index is 0.0257. The Hall–Kier alpha value is -3.32. The molecule has 0 aliphatic rings. The summed E-state index contributed by atoms with van der Waals surface area (Å²) in [6.45, 7) is 6.30. The van der Waals surface area contributed by atoms with Crippen LogP contribution in [-0.2, 0) is 11.2 Å². The lowest BCUT2D eigenvalue weighted by atomic mass is 10.0. The Morgan fingerprint density at radius 2 is 1.88 bits per heavy atom. The number of rotatable bonds is 12. The Kier molecular flexibility index (Phi) is 9.10. The topological polar surface area (TPSA) is 85.7 Å². The molecule has 3 rings (SSSR count). The Morgan fingerprint density at radius 1 is 1.12 bits per heavy atom. The van der Waals surface area contributed by atoms with Gasteiger partial charge in [-0.15, -0.1) is 11.8 Å². The van der Waals surface area contributed by atoms with Crippen molar-refractivity contribution in [3.05, 3.63) is 83.0 Å². The van der Waals surface area contributed by atoms with Crippen molar-refractivity contribution >= 4 is 23.5 Å². The van der Waals surface area contributed by atoms with Gasteiger partial charge >= 0.3 is 5.97 Å². The average molecular weight is 480 g/mol. The molecule has 0 saturated carbocycles. The number of ether oxygens (including phenoxy) is 2. The van der Waals surface area contributed by atoms with Crippen molar-refractivity contribution in [3.8, 4) is 11.6 Å². The lowest BCUT2D eigenvalue weighted by molar-refractivity contribution is -0.133. The van der Waals surface area contributed by atoms with Crippen molar-refractivity contribution in [3.63, 3.8) is 0 Å². The van der Waals surface area contributed by atoms with E-state index < -0.39 is 5.97 Å². The molecule has 1 N–H and O–H groups in total. The number of hydrogen-bond donors (Lipinski definition) is 1. The van der Waals surface area contributed by atoms with Crippen LogP contribution >= 0.6 is 11.8 Å². The molecular weight excluding hydrogens is 450 g/mol. The number of carboxylic acids is 1. The Bertz CT molecular complexity index is 1130. The van der Waals surface area contributed by atoms with E-state index in [1.54, 1.807) is 18.3 Å². The summed E-state index contributed by atoms with van der Waals surface area (Å²) in [5, 5.41) is 8.85. The van der Waals surface area contributed by atoms with Crippen LogP contribution in [0.1, 0.15) is 47.3 Å². The fraction of sp³-hybridized carbons (Fsp3) is 0.296. The number of aromatic nitrogens is 1. The molecule has 6 nitrogen and oxygen atoms in total. The molecule has 0 aliphatic carbocycles. The fourth-order valence-electron chi connectivity index (χ4n) is 3.30. The SMILES string of the molecule is CCc1cnc(OC(C)CCOc2ccc(SCC(=O)O)c(C)c2)c(C(=O)c2ccccc2)c1. The molecule has 3 aromatic rings. The van der Waals surface area contributed by atoms with E-state index in [0.29, 0.717) is 30.0 Å². The van der Waals surface area contributed by atoms with Crippen molar-refractivity contribution in [1.29, 1.82) is 0 Å². The molecule has 1 aromatic heterocycles. The summed E-state index contributed by atoms with van der Waals surface area (Å²) in [4.78, 5) is 29.2. The highest BCUT2D eigenvalue weighted by Crippen LogP contribution is 2.27. The minimum atomic E-state index is -0.842. The number of aryl methyl sites for hydroxylation is 2. The summed E-state index contributed by atoms with van der Waals surface area (Å²) < 4.78 is 11.9. The van der Waals surface area contributed by atoms with Crippen LogP contribution in [0.2, 0.25) is 0 Å². The third-order valence-corrected chi connectivity index (χ3v) is 6.36. The normalized spacial score (nSPS) is 11.6. The molecule has 0 aliphatic heterocycles. The van der Waals surface area contributed by atoms with E-state index in [0.717, 1.165) is 28.2 Å². The largest absolute Gasteiger partial charge is 0.493 e. The monoisotopic (exact) mass is 479 g/mol. The number of carbonyl (C=O) groups excluding carboxylic acids is 1. The Labute approximate surface area is 204 Å². The van der Waals surface area contributed by atoms with E-state index in [9.17, 15) is 9.59 Å². The lowest BCUT2D eigenvalue weighted by Gasteiger charge is -2.17. The quantitative estimate of drug-likeness (QED) is 0.267. The third kappa shape index (κ3) is 7.09. The van der Waals surface area contributed by atoms with Crippen LogP contribution in [0.5, 0.6) is 11.6 Å². The number of hydrogen-bond acceptors (Lipinski definition) is 6. The highest BCUT2D eigenvalue weighted by Gasteiger charge is 2.19. The van der Waals surface area contributed by atoms with Gasteiger partial charge in [0.15, 0.2) is 5.78 Å². The number of benzene rings is 2. The number of thioether (sulfide) groups is 1. The van der Waals surface area contributed by atoms with Gasteiger partial charge in [-0.25, -0.2) is 4.98 Å². The van der Waals surface area contributed by atoms with Gasteiger partial charge in [-0.1, -0.05) is 37.3 Å². The highest BCUT2D eigenvalue weighted by atomic mass is 32.2. The first-order valence-corrected chi connectivity index (χ1v) is 12.2. The van der Waals surface area contributed by atoms with Crippen molar-refractivity contribution in [2.75, 3.05) is 12.4 Å². The van der Waals surface area contributed by atoms with Gasteiger partial charge < -0.3 is 14.6 Å². The summed E-state index contributed by atoms with van der Waals surface area (Å²) in [7, 11) is 0. The summed E-state index contributed by atoms with van der Waals surface area (Å²) in [5.41, 5.74) is 3.00. The van der Waals surface area contributed by atoms with Gasteiger partial charge in [-0.05, 0) is 55.7 Å². The van der Waals surface area contributed by atoms with Crippen LogP contribution in [0.4, 0.5) is 0 Å². The summed E-state index contributed by atoms with van der Waals surface area (Å²) in [6, 6.07) is 16.6. The standard InChI is InChI=1S/C27H29NO5S/c1-4-20-15-23(26(31)21-8-6-5-7-9-21)27(28-16-20)33-19(3)12-13-32-22-10-11-24(18(2)14-22)34-17-25(29)30/h5-11,14-16,19H,4,12-13,17H2,1-3H3,(H,29,30). The van der Waals surface area contributed by atoms with Gasteiger partial charge in [-0.2, -0.15) is 0 Å². The zero-order chi connectivity index (χ0) is 24.5. The minimum Gasteiger partial charge on any atom is -0.493 e. The van der Waals surface area contributed by atoms with Crippen molar-refractivity contribution in [2.45, 2.75) is 44.6 Å². The first kappa shape index (κ1) is 25.3. The van der Waals surface area contributed by atoms with Crippen molar-refractivity contribution in [2.24, 2.45) is 0 Å². The fourth-order valence-corrected chi connectivity index (χ4v) is 4.03. The molecule has 7 heteroatoms. The second-order valence-corrected chi connectivity index (χ2v) is 8.94. The van der Waals surface area contributed by atoms with Crippen LogP contribution < -0.4 is 9.47 Å². The number of ketones is 1.